The Bertz CT molecular complexity index is 356. The van der Waals surface area contributed by atoms with E-state index in [1.165, 1.54) is 50.0 Å². The first-order valence-electron chi connectivity index (χ1n) is 6.79. The highest BCUT2D eigenvalue weighted by atomic mass is 35.5. The molecular weight excluding hydrogens is 230 g/mol. The molecule has 0 unspecified atom stereocenters. The van der Waals surface area contributed by atoms with Crippen molar-refractivity contribution in [3.63, 3.8) is 0 Å². The average molecular weight is 252 g/mol. The van der Waals surface area contributed by atoms with Gasteiger partial charge in [-0.05, 0) is 68.9 Å². The van der Waals surface area contributed by atoms with Crippen LogP contribution < -0.4 is 0 Å². The van der Waals surface area contributed by atoms with Gasteiger partial charge in [0.15, 0.2) is 0 Å². The summed E-state index contributed by atoms with van der Waals surface area (Å²) in [7, 11) is 0. The van der Waals surface area contributed by atoms with Crippen molar-refractivity contribution in [1.82, 2.24) is 4.90 Å². The van der Waals surface area contributed by atoms with Crippen molar-refractivity contribution in [2.24, 2.45) is 0 Å². The number of likely N-dealkylation sites (tertiary alicyclic amines) is 1. The number of rotatable bonds is 5. The molecule has 1 aromatic rings. The lowest BCUT2D eigenvalue weighted by Crippen LogP contribution is -2.20. The summed E-state index contributed by atoms with van der Waals surface area (Å²) in [4.78, 5) is 2.57. The number of hydrogen-bond acceptors (Lipinski definition) is 1. The quantitative estimate of drug-likeness (QED) is 0.767. The number of aryl methyl sites for hydroxylation is 2. The molecule has 1 aromatic carbocycles. The Kier molecular flexibility index (Phi) is 4.87. The lowest BCUT2D eigenvalue weighted by molar-refractivity contribution is 0.334. The minimum absolute atomic E-state index is 0.936. The van der Waals surface area contributed by atoms with E-state index in [4.69, 9.17) is 11.6 Å². The number of halogens is 1. The van der Waals surface area contributed by atoms with Gasteiger partial charge in [-0.3, -0.25) is 0 Å². The largest absolute Gasteiger partial charge is 0.303 e. The molecule has 1 aliphatic heterocycles. The Morgan fingerprint density at radius 3 is 2.65 bits per heavy atom. The van der Waals surface area contributed by atoms with E-state index in [1.54, 1.807) is 0 Å². The minimum atomic E-state index is 0.936. The fraction of sp³-hybridized carbons (Fsp3) is 0.600. The Morgan fingerprint density at radius 2 is 2.00 bits per heavy atom. The van der Waals surface area contributed by atoms with E-state index in [-0.39, 0.29) is 0 Å². The van der Waals surface area contributed by atoms with Gasteiger partial charge < -0.3 is 4.90 Å². The van der Waals surface area contributed by atoms with Gasteiger partial charge >= 0.3 is 0 Å². The molecule has 1 saturated heterocycles. The van der Waals surface area contributed by atoms with Crippen LogP contribution in [0.15, 0.2) is 18.2 Å². The number of nitrogens with zero attached hydrogens (tertiary/aromatic N) is 1. The Balaban J connectivity index is 1.80. The molecule has 1 heterocycles. The van der Waals surface area contributed by atoms with E-state index in [2.05, 4.69) is 30.0 Å². The number of hydrogen-bond donors (Lipinski definition) is 0. The maximum Gasteiger partial charge on any atom is 0.0440 e. The SMILES string of the molecule is CCc1ccc(CCCN2CCCC2)cc1Cl. The highest BCUT2D eigenvalue weighted by Crippen LogP contribution is 2.19. The third kappa shape index (κ3) is 3.72. The van der Waals surface area contributed by atoms with Gasteiger partial charge in [-0.1, -0.05) is 30.7 Å². The van der Waals surface area contributed by atoms with Crippen LogP contribution in [-0.4, -0.2) is 24.5 Å². The first kappa shape index (κ1) is 12.9. The topological polar surface area (TPSA) is 3.24 Å². The fourth-order valence-corrected chi connectivity index (χ4v) is 2.88. The highest BCUT2D eigenvalue weighted by Gasteiger charge is 2.10. The van der Waals surface area contributed by atoms with Gasteiger partial charge in [-0.25, -0.2) is 0 Å². The molecule has 0 bridgehead atoms. The molecule has 2 heteroatoms. The van der Waals surface area contributed by atoms with Crippen LogP contribution in [0.5, 0.6) is 0 Å². The molecule has 0 atom stereocenters. The molecule has 2 rings (SSSR count). The monoisotopic (exact) mass is 251 g/mol. The first-order valence-corrected chi connectivity index (χ1v) is 7.17. The summed E-state index contributed by atoms with van der Waals surface area (Å²) >= 11 is 6.23. The maximum atomic E-state index is 6.23. The van der Waals surface area contributed by atoms with Gasteiger partial charge in [-0.2, -0.15) is 0 Å². The van der Waals surface area contributed by atoms with Crippen LogP contribution in [0.4, 0.5) is 0 Å². The predicted octanol–water partition coefficient (Wildman–Crippen LogP) is 3.93. The first-order chi connectivity index (χ1) is 8.29. The molecule has 0 spiro atoms. The summed E-state index contributed by atoms with van der Waals surface area (Å²) < 4.78 is 0. The Morgan fingerprint density at radius 1 is 1.24 bits per heavy atom. The third-order valence-electron chi connectivity index (χ3n) is 3.64. The molecule has 0 aliphatic carbocycles. The summed E-state index contributed by atoms with van der Waals surface area (Å²) in [5.41, 5.74) is 2.64. The zero-order valence-corrected chi connectivity index (χ0v) is 11.5. The van der Waals surface area contributed by atoms with Gasteiger partial charge in [0.05, 0.1) is 0 Å². The molecule has 94 valence electrons. The minimum Gasteiger partial charge on any atom is -0.303 e. The standard InChI is InChI=1S/C15H22ClN/c1-2-14-8-7-13(12-15(14)16)6-5-11-17-9-3-4-10-17/h7-8,12H,2-6,9-11H2,1H3. The smallest absolute Gasteiger partial charge is 0.0440 e. The van der Waals surface area contributed by atoms with Gasteiger partial charge in [0.25, 0.3) is 0 Å². The summed E-state index contributed by atoms with van der Waals surface area (Å²) in [5.74, 6) is 0. The van der Waals surface area contributed by atoms with E-state index in [1.807, 2.05) is 0 Å². The van der Waals surface area contributed by atoms with Crippen molar-refractivity contribution >= 4 is 11.6 Å². The second-order valence-electron chi connectivity index (χ2n) is 4.93. The zero-order valence-electron chi connectivity index (χ0n) is 10.7. The van der Waals surface area contributed by atoms with Gasteiger partial charge in [0, 0.05) is 5.02 Å². The second-order valence-corrected chi connectivity index (χ2v) is 5.34. The molecule has 17 heavy (non-hydrogen) atoms. The van der Waals surface area contributed by atoms with Crippen LogP contribution in [0, 0.1) is 0 Å². The Labute approximate surface area is 110 Å². The van der Waals surface area contributed by atoms with Crippen LogP contribution in [-0.2, 0) is 12.8 Å². The van der Waals surface area contributed by atoms with E-state index in [0.717, 1.165) is 17.9 Å². The van der Waals surface area contributed by atoms with Crippen LogP contribution in [0.2, 0.25) is 5.02 Å². The highest BCUT2D eigenvalue weighted by molar-refractivity contribution is 6.31. The average Bonchev–Trinajstić information content (AvgIpc) is 2.82. The molecule has 1 fully saturated rings. The van der Waals surface area contributed by atoms with E-state index < -0.39 is 0 Å². The fourth-order valence-electron chi connectivity index (χ4n) is 2.55. The third-order valence-corrected chi connectivity index (χ3v) is 3.99. The van der Waals surface area contributed by atoms with Crippen LogP contribution >= 0.6 is 11.6 Å². The van der Waals surface area contributed by atoms with E-state index in [0.29, 0.717) is 0 Å². The lowest BCUT2D eigenvalue weighted by Gasteiger charge is -2.14. The van der Waals surface area contributed by atoms with Crippen molar-refractivity contribution in [2.75, 3.05) is 19.6 Å². The van der Waals surface area contributed by atoms with E-state index >= 15 is 0 Å². The molecule has 0 saturated carbocycles. The van der Waals surface area contributed by atoms with Gasteiger partial charge in [0.1, 0.15) is 0 Å². The summed E-state index contributed by atoms with van der Waals surface area (Å²) in [6.45, 7) is 5.99. The van der Waals surface area contributed by atoms with Gasteiger partial charge in [-0.15, -0.1) is 0 Å². The van der Waals surface area contributed by atoms with E-state index in [9.17, 15) is 0 Å². The van der Waals surface area contributed by atoms with Crippen molar-refractivity contribution in [1.29, 1.82) is 0 Å². The van der Waals surface area contributed by atoms with Crippen LogP contribution in [0.3, 0.4) is 0 Å². The van der Waals surface area contributed by atoms with Crippen LogP contribution in [0.25, 0.3) is 0 Å². The molecule has 0 radical (unpaired) electrons. The molecule has 0 amide bonds. The maximum absolute atomic E-state index is 6.23. The van der Waals surface area contributed by atoms with Crippen LogP contribution in [0.1, 0.15) is 37.3 Å². The lowest BCUT2D eigenvalue weighted by atomic mass is 10.1. The second kappa shape index (κ2) is 6.42. The normalized spacial score (nSPS) is 16.6. The molecule has 1 nitrogen and oxygen atoms in total. The Hall–Kier alpha value is -0.530. The van der Waals surface area contributed by atoms with Crippen molar-refractivity contribution in [2.45, 2.75) is 39.0 Å². The van der Waals surface area contributed by atoms with Crippen molar-refractivity contribution < 1.29 is 0 Å². The molecular formula is C15H22ClN. The van der Waals surface area contributed by atoms with Gasteiger partial charge in [0.2, 0.25) is 0 Å². The summed E-state index contributed by atoms with van der Waals surface area (Å²) in [6, 6.07) is 6.55. The molecule has 1 aliphatic rings. The number of benzene rings is 1. The van der Waals surface area contributed by atoms with Crippen molar-refractivity contribution in [3.8, 4) is 0 Å². The molecule has 0 aromatic heterocycles. The predicted molar refractivity (Wildman–Crippen MR) is 74.8 cm³/mol. The molecule has 0 N–H and O–H groups in total. The zero-order chi connectivity index (χ0) is 12.1. The van der Waals surface area contributed by atoms with Crippen molar-refractivity contribution in [3.05, 3.63) is 34.3 Å². The summed E-state index contributed by atoms with van der Waals surface area (Å²) in [5, 5.41) is 0.936. The summed E-state index contributed by atoms with van der Waals surface area (Å²) in [6.07, 6.45) is 6.20.